The Labute approximate surface area is 139 Å². The molecular weight excluding hydrogens is 292 g/mol. The highest BCUT2D eigenvalue weighted by Crippen LogP contribution is 2.23. The summed E-state index contributed by atoms with van der Waals surface area (Å²) in [6.45, 7) is 11.2. The van der Waals surface area contributed by atoms with Crippen LogP contribution in [0.3, 0.4) is 0 Å². The Morgan fingerprint density at radius 2 is 1.65 bits per heavy atom. The third kappa shape index (κ3) is 7.17. The van der Waals surface area contributed by atoms with Gasteiger partial charge in [-0.25, -0.2) is 0 Å². The number of carbonyl (C=O) groups excluding carboxylic acids is 2. The SMILES string of the molecule is CC(=O)Nc1ccccc1OCC(=O)N(CC(C)C)CC(C)C. The molecule has 0 aliphatic heterocycles. The zero-order valence-electron chi connectivity index (χ0n) is 14.8. The maximum Gasteiger partial charge on any atom is 0.260 e. The first kappa shape index (κ1) is 19.0. The van der Waals surface area contributed by atoms with Gasteiger partial charge >= 0.3 is 0 Å². The molecule has 0 heterocycles. The number of benzene rings is 1. The molecule has 5 heteroatoms. The number of nitrogens with zero attached hydrogens (tertiary/aromatic N) is 1. The first-order chi connectivity index (χ1) is 10.8. The summed E-state index contributed by atoms with van der Waals surface area (Å²) in [7, 11) is 0. The van der Waals surface area contributed by atoms with Crippen molar-refractivity contribution in [2.75, 3.05) is 25.0 Å². The van der Waals surface area contributed by atoms with E-state index >= 15 is 0 Å². The summed E-state index contributed by atoms with van der Waals surface area (Å²) in [4.78, 5) is 25.5. The van der Waals surface area contributed by atoms with Crippen molar-refractivity contribution in [1.82, 2.24) is 4.90 Å². The van der Waals surface area contributed by atoms with Gasteiger partial charge in [0.1, 0.15) is 5.75 Å². The Balaban J connectivity index is 2.71. The summed E-state index contributed by atoms with van der Waals surface area (Å²) >= 11 is 0. The Kier molecular flexibility index (Phi) is 7.59. The van der Waals surface area contributed by atoms with Gasteiger partial charge in [0.15, 0.2) is 6.61 Å². The molecule has 128 valence electrons. The summed E-state index contributed by atoms with van der Waals surface area (Å²) in [5.74, 6) is 1.11. The zero-order chi connectivity index (χ0) is 17.4. The Bertz CT molecular complexity index is 517. The Morgan fingerprint density at radius 1 is 1.09 bits per heavy atom. The lowest BCUT2D eigenvalue weighted by atomic mass is 10.1. The summed E-state index contributed by atoms with van der Waals surface area (Å²) in [5.41, 5.74) is 0.576. The molecule has 0 atom stereocenters. The Hall–Kier alpha value is -2.04. The van der Waals surface area contributed by atoms with E-state index in [-0.39, 0.29) is 18.4 Å². The molecule has 0 aliphatic carbocycles. The van der Waals surface area contributed by atoms with Crippen molar-refractivity contribution in [2.24, 2.45) is 11.8 Å². The molecule has 0 saturated heterocycles. The van der Waals surface area contributed by atoms with Crippen LogP contribution in [-0.2, 0) is 9.59 Å². The first-order valence-corrected chi connectivity index (χ1v) is 8.06. The van der Waals surface area contributed by atoms with Crippen LogP contribution in [0.1, 0.15) is 34.6 Å². The van der Waals surface area contributed by atoms with Gasteiger partial charge in [-0.1, -0.05) is 39.8 Å². The van der Waals surface area contributed by atoms with Gasteiger partial charge in [0.25, 0.3) is 5.91 Å². The standard InChI is InChI=1S/C18H28N2O3/c1-13(2)10-20(11-14(3)4)18(22)12-23-17-9-7-6-8-16(17)19-15(5)21/h6-9,13-14H,10-12H2,1-5H3,(H,19,21). The van der Waals surface area contributed by atoms with E-state index in [1.807, 2.05) is 17.0 Å². The molecule has 0 aliphatic rings. The molecule has 2 amide bonds. The van der Waals surface area contributed by atoms with E-state index in [0.717, 1.165) is 0 Å². The highest BCUT2D eigenvalue weighted by Gasteiger charge is 2.17. The van der Waals surface area contributed by atoms with Gasteiger partial charge < -0.3 is 15.0 Å². The van der Waals surface area contributed by atoms with E-state index in [4.69, 9.17) is 4.74 Å². The number of anilines is 1. The van der Waals surface area contributed by atoms with Crippen molar-refractivity contribution in [3.63, 3.8) is 0 Å². The van der Waals surface area contributed by atoms with Gasteiger partial charge in [0.05, 0.1) is 5.69 Å². The highest BCUT2D eigenvalue weighted by molar-refractivity contribution is 5.90. The maximum absolute atomic E-state index is 12.4. The van der Waals surface area contributed by atoms with Gasteiger partial charge in [0.2, 0.25) is 5.91 Å². The van der Waals surface area contributed by atoms with Crippen LogP contribution in [0.2, 0.25) is 0 Å². The number of hydrogen-bond donors (Lipinski definition) is 1. The van der Waals surface area contributed by atoms with E-state index in [1.54, 1.807) is 12.1 Å². The number of amides is 2. The van der Waals surface area contributed by atoms with Crippen LogP contribution < -0.4 is 10.1 Å². The van der Waals surface area contributed by atoms with Crippen molar-refractivity contribution in [3.8, 4) is 5.75 Å². The normalized spacial score (nSPS) is 10.7. The third-order valence-electron chi connectivity index (χ3n) is 3.07. The summed E-state index contributed by atoms with van der Waals surface area (Å²) in [5, 5.41) is 2.70. The monoisotopic (exact) mass is 320 g/mol. The number of ether oxygens (including phenoxy) is 1. The summed E-state index contributed by atoms with van der Waals surface area (Å²) in [6, 6.07) is 7.11. The van der Waals surface area contributed by atoms with Crippen LogP contribution >= 0.6 is 0 Å². The fourth-order valence-corrected chi connectivity index (χ4v) is 2.28. The topological polar surface area (TPSA) is 58.6 Å². The van der Waals surface area contributed by atoms with Crippen molar-refractivity contribution in [1.29, 1.82) is 0 Å². The fraction of sp³-hybridized carbons (Fsp3) is 0.556. The second-order valence-corrected chi connectivity index (χ2v) is 6.55. The smallest absolute Gasteiger partial charge is 0.260 e. The molecule has 0 radical (unpaired) electrons. The van der Waals surface area contributed by atoms with Crippen LogP contribution in [-0.4, -0.2) is 36.4 Å². The molecule has 0 fully saturated rings. The van der Waals surface area contributed by atoms with Crippen LogP contribution in [0.5, 0.6) is 5.75 Å². The van der Waals surface area contributed by atoms with E-state index in [0.29, 0.717) is 36.4 Å². The fourth-order valence-electron chi connectivity index (χ4n) is 2.28. The molecule has 1 aromatic rings. The van der Waals surface area contributed by atoms with Gasteiger partial charge in [-0.05, 0) is 24.0 Å². The molecule has 0 saturated carbocycles. The molecule has 23 heavy (non-hydrogen) atoms. The van der Waals surface area contributed by atoms with Gasteiger partial charge in [-0.15, -0.1) is 0 Å². The average Bonchev–Trinajstić information content (AvgIpc) is 2.43. The molecule has 0 aromatic heterocycles. The number of para-hydroxylation sites is 2. The molecule has 1 rings (SSSR count). The lowest BCUT2D eigenvalue weighted by molar-refractivity contribution is -0.134. The van der Waals surface area contributed by atoms with Crippen LogP contribution in [0.15, 0.2) is 24.3 Å². The quantitative estimate of drug-likeness (QED) is 0.800. The number of rotatable bonds is 8. The minimum absolute atomic E-state index is 0.0317. The Morgan fingerprint density at radius 3 is 2.17 bits per heavy atom. The highest BCUT2D eigenvalue weighted by atomic mass is 16.5. The second-order valence-electron chi connectivity index (χ2n) is 6.55. The minimum Gasteiger partial charge on any atom is -0.482 e. The van der Waals surface area contributed by atoms with Crippen molar-refractivity contribution >= 4 is 17.5 Å². The van der Waals surface area contributed by atoms with E-state index in [1.165, 1.54) is 6.92 Å². The van der Waals surface area contributed by atoms with Gasteiger partial charge in [-0.3, -0.25) is 9.59 Å². The third-order valence-corrected chi connectivity index (χ3v) is 3.07. The first-order valence-electron chi connectivity index (χ1n) is 8.06. The van der Waals surface area contributed by atoms with Gasteiger partial charge in [0, 0.05) is 20.0 Å². The minimum atomic E-state index is -0.173. The zero-order valence-corrected chi connectivity index (χ0v) is 14.8. The molecule has 0 spiro atoms. The summed E-state index contributed by atoms with van der Waals surface area (Å²) < 4.78 is 5.64. The molecule has 0 bridgehead atoms. The average molecular weight is 320 g/mol. The molecule has 1 N–H and O–H groups in total. The number of nitrogens with one attached hydrogen (secondary N) is 1. The van der Waals surface area contributed by atoms with Crippen LogP contribution in [0, 0.1) is 11.8 Å². The lowest BCUT2D eigenvalue weighted by Gasteiger charge is -2.26. The van der Waals surface area contributed by atoms with Crippen molar-refractivity contribution in [3.05, 3.63) is 24.3 Å². The van der Waals surface area contributed by atoms with E-state index in [2.05, 4.69) is 33.0 Å². The van der Waals surface area contributed by atoms with Crippen LogP contribution in [0.25, 0.3) is 0 Å². The second kappa shape index (κ2) is 9.18. The predicted octanol–water partition coefficient (Wildman–Crippen LogP) is 3.16. The number of carbonyl (C=O) groups is 2. The summed E-state index contributed by atoms with van der Waals surface area (Å²) in [6.07, 6.45) is 0. The molecule has 0 unspecified atom stereocenters. The molecule has 1 aromatic carbocycles. The van der Waals surface area contributed by atoms with E-state index < -0.39 is 0 Å². The van der Waals surface area contributed by atoms with Crippen LogP contribution in [0.4, 0.5) is 5.69 Å². The van der Waals surface area contributed by atoms with Gasteiger partial charge in [-0.2, -0.15) is 0 Å². The predicted molar refractivity (Wildman–Crippen MR) is 92.5 cm³/mol. The lowest BCUT2D eigenvalue weighted by Crippen LogP contribution is -2.39. The number of hydrogen-bond acceptors (Lipinski definition) is 3. The largest absolute Gasteiger partial charge is 0.482 e. The van der Waals surface area contributed by atoms with E-state index in [9.17, 15) is 9.59 Å². The maximum atomic E-state index is 12.4. The van der Waals surface area contributed by atoms with Crippen molar-refractivity contribution in [2.45, 2.75) is 34.6 Å². The molecular formula is C18H28N2O3. The molecule has 5 nitrogen and oxygen atoms in total. The van der Waals surface area contributed by atoms with Crippen molar-refractivity contribution < 1.29 is 14.3 Å².